The number of halogens is 1. The summed E-state index contributed by atoms with van der Waals surface area (Å²) in [5.41, 5.74) is 6.50. The quantitative estimate of drug-likeness (QED) is 0.852. The van der Waals surface area contributed by atoms with Crippen molar-refractivity contribution in [1.29, 1.82) is 0 Å². The molecule has 0 bridgehead atoms. The van der Waals surface area contributed by atoms with Crippen LogP contribution in [0.5, 0.6) is 5.75 Å². The Kier molecular flexibility index (Phi) is 4.10. The number of hydrogen-bond donors (Lipinski definition) is 1. The van der Waals surface area contributed by atoms with Crippen LogP contribution in [-0.2, 0) is 0 Å². The van der Waals surface area contributed by atoms with Crippen molar-refractivity contribution >= 4 is 21.6 Å². The van der Waals surface area contributed by atoms with Gasteiger partial charge in [0.1, 0.15) is 5.75 Å². The maximum atomic E-state index is 5.80. The molecule has 1 fully saturated rings. The standard InChI is InChI=1S/C13H18BrNO/c14-11-6-12(15)8-13(7-11)16-9-10-4-2-1-3-5-10/h6-8,10H,1-5,9,15H2. The molecule has 1 aromatic carbocycles. The maximum absolute atomic E-state index is 5.80. The Hall–Kier alpha value is -0.700. The Morgan fingerprint density at radius 1 is 1.19 bits per heavy atom. The number of ether oxygens (including phenoxy) is 1. The molecule has 1 aliphatic carbocycles. The molecule has 0 aromatic heterocycles. The predicted molar refractivity (Wildman–Crippen MR) is 70.6 cm³/mol. The number of hydrogen-bond acceptors (Lipinski definition) is 2. The SMILES string of the molecule is Nc1cc(Br)cc(OCC2CCCCC2)c1. The molecule has 0 spiro atoms. The fourth-order valence-electron chi connectivity index (χ4n) is 2.24. The van der Waals surface area contributed by atoms with Gasteiger partial charge in [0.15, 0.2) is 0 Å². The Bertz CT molecular complexity index is 328. The minimum atomic E-state index is 0.731. The maximum Gasteiger partial charge on any atom is 0.122 e. The smallest absolute Gasteiger partial charge is 0.122 e. The molecule has 0 unspecified atom stereocenters. The van der Waals surface area contributed by atoms with E-state index in [0.717, 1.165) is 28.4 Å². The van der Waals surface area contributed by atoms with E-state index in [1.54, 1.807) is 0 Å². The number of nitrogens with two attached hydrogens (primary N) is 1. The van der Waals surface area contributed by atoms with Crippen molar-refractivity contribution < 1.29 is 4.74 Å². The molecule has 0 aliphatic heterocycles. The molecule has 2 nitrogen and oxygen atoms in total. The lowest BCUT2D eigenvalue weighted by molar-refractivity contribution is 0.209. The van der Waals surface area contributed by atoms with E-state index in [1.165, 1.54) is 32.1 Å². The molecule has 2 rings (SSSR count). The van der Waals surface area contributed by atoms with Gasteiger partial charge in [-0.3, -0.25) is 0 Å². The van der Waals surface area contributed by atoms with Gasteiger partial charge in [0.2, 0.25) is 0 Å². The van der Waals surface area contributed by atoms with Crippen LogP contribution in [0.25, 0.3) is 0 Å². The summed E-state index contributed by atoms with van der Waals surface area (Å²) in [6.45, 7) is 0.829. The minimum Gasteiger partial charge on any atom is -0.493 e. The first-order valence-corrected chi connectivity index (χ1v) is 6.72. The highest BCUT2D eigenvalue weighted by Gasteiger charge is 2.13. The number of rotatable bonds is 3. The molecule has 3 heteroatoms. The molecule has 0 heterocycles. The summed E-state index contributed by atoms with van der Waals surface area (Å²) in [5.74, 6) is 1.60. The minimum absolute atomic E-state index is 0.731. The van der Waals surface area contributed by atoms with Gasteiger partial charge < -0.3 is 10.5 Å². The fourth-order valence-corrected chi connectivity index (χ4v) is 2.73. The van der Waals surface area contributed by atoms with Crippen LogP contribution in [0, 0.1) is 5.92 Å². The average molecular weight is 284 g/mol. The Balaban J connectivity index is 1.88. The summed E-state index contributed by atoms with van der Waals surface area (Å²) in [5, 5.41) is 0. The molecule has 1 saturated carbocycles. The third-order valence-corrected chi connectivity index (χ3v) is 3.56. The predicted octanol–water partition coefficient (Wildman–Crippen LogP) is 3.99. The topological polar surface area (TPSA) is 35.2 Å². The average Bonchev–Trinajstić information content (AvgIpc) is 2.27. The molecule has 88 valence electrons. The molecule has 16 heavy (non-hydrogen) atoms. The first-order chi connectivity index (χ1) is 7.74. The lowest BCUT2D eigenvalue weighted by Crippen LogP contribution is -2.15. The van der Waals surface area contributed by atoms with Gasteiger partial charge in [-0.2, -0.15) is 0 Å². The van der Waals surface area contributed by atoms with E-state index in [-0.39, 0.29) is 0 Å². The van der Waals surface area contributed by atoms with Gasteiger partial charge >= 0.3 is 0 Å². The monoisotopic (exact) mass is 283 g/mol. The van der Waals surface area contributed by atoms with Crippen molar-refractivity contribution in [3.8, 4) is 5.75 Å². The molecule has 1 aromatic rings. The molecule has 0 atom stereocenters. The van der Waals surface area contributed by atoms with Crippen molar-refractivity contribution in [3.63, 3.8) is 0 Å². The van der Waals surface area contributed by atoms with Crippen LogP contribution >= 0.6 is 15.9 Å². The van der Waals surface area contributed by atoms with Gasteiger partial charge in [-0.05, 0) is 30.9 Å². The summed E-state index contributed by atoms with van der Waals surface area (Å²) in [6, 6.07) is 5.74. The van der Waals surface area contributed by atoms with Crippen LogP contribution in [0.1, 0.15) is 32.1 Å². The number of anilines is 1. The van der Waals surface area contributed by atoms with Gasteiger partial charge in [-0.1, -0.05) is 35.2 Å². The normalized spacial score (nSPS) is 17.3. The van der Waals surface area contributed by atoms with E-state index in [0.29, 0.717) is 0 Å². The zero-order valence-corrected chi connectivity index (χ0v) is 11.0. The van der Waals surface area contributed by atoms with Gasteiger partial charge in [0, 0.05) is 16.2 Å². The highest BCUT2D eigenvalue weighted by molar-refractivity contribution is 9.10. The van der Waals surface area contributed by atoms with Crippen molar-refractivity contribution in [1.82, 2.24) is 0 Å². The second-order valence-electron chi connectivity index (χ2n) is 4.54. The molecule has 1 aliphatic rings. The summed E-state index contributed by atoms with van der Waals surface area (Å²) < 4.78 is 6.78. The second-order valence-corrected chi connectivity index (χ2v) is 5.45. The molecular weight excluding hydrogens is 266 g/mol. The largest absolute Gasteiger partial charge is 0.493 e. The number of nitrogen functional groups attached to an aromatic ring is 1. The molecule has 0 amide bonds. The van der Waals surface area contributed by atoms with E-state index in [4.69, 9.17) is 10.5 Å². The van der Waals surface area contributed by atoms with Gasteiger partial charge in [-0.25, -0.2) is 0 Å². The van der Waals surface area contributed by atoms with Crippen molar-refractivity contribution in [2.75, 3.05) is 12.3 Å². The lowest BCUT2D eigenvalue weighted by atomic mass is 9.90. The third-order valence-electron chi connectivity index (χ3n) is 3.10. The van der Waals surface area contributed by atoms with Crippen LogP contribution < -0.4 is 10.5 Å². The molecule has 2 N–H and O–H groups in total. The van der Waals surface area contributed by atoms with E-state index in [1.807, 2.05) is 18.2 Å². The van der Waals surface area contributed by atoms with E-state index < -0.39 is 0 Å². The van der Waals surface area contributed by atoms with Crippen LogP contribution in [0.2, 0.25) is 0 Å². The Labute approximate surface area is 105 Å². The van der Waals surface area contributed by atoms with Gasteiger partial charge in [-0.15, -0.1) is 0 Å². The van der Waals surface area contributed by atoms with Gasteiger partial charge in [0.05, 0.1) is 6.61 Å². The van der Waals surface area contributed by atoms with E-state index in [2.05, 4.69) is 15.9 Å². The summed E-state index contributed by atoms with van der Waals surface area (Å²) in [6.07, 6.45) is 6.72. The molecule has 0 saturated heterocycles. The number of benzene rings is 1. The van der Waals surface area contributed by atoms with Crippen LogP contribution in [-0.4, -0.2) is 6.61 Å². The highest BCUT2D eigenvalue weighted by atomic mass is 79.9. The summed E-state index contributed by atoms with van der Waals surface area (Å²) in [4.78, 5) is 0. The van der Waals surface area contributed by atoms with E-state index in [9.17, 15) is 0 Å². The molecular formula is C13H18BrNO. The highest BCUT2D eigenvalue weighted by Crippen LogP contribution is 2.27. The third kappa shape index (κ3) is 3.41. The summed E-state index contributed by atoms with van der Waals surface area (Å²) in [7, 11) is 0. The van der Waals surface area contributed by atoms with Crippen molar-refractivity contribution in [3.05, 3.63) is 22.7 Å². The summed E-state index contributed by atoms with van der Waals surface area (Å²) >= 11 is 3.42. The van der Waals surface area contributed by atoms with Crippen LogP contribution in [0.4, 0.5) is 5.69 Å². The van der Waals surface area contributed by atoms with Crippen LogP contribution in [0.15, 0.2) is 22.7 Å². The second kappa shape index (κ2) is 5.58. The Morgan fingerprint density at radius 2 is 1.94 bits per heavy atom. The first kappa shape index (κ1) is 11.8. The van der Waals surface area contributed by atoms with Crippen molar-refractivity contribution in [2.45, 2.75) is 32.1 Å². The van der Waals surface area contributed by atoms with E-state index >= 15 is 0 Å². The lowest BCUT2D eigenvalue weighted by Gasteiger charge is -2.21. The van der Waals surface area contributed by atoms with Crippen LogP contribution in [0.3, 0.4) is 0 Å². The molecule has 0 radical (unpaired) electrons. The van der Waals surface area contributed by atoms with Crippen molar-refractivity contribution in [2.24, 2.45) is 5.92 Å². The zero-order valence-electron chi connectivity index (χ0n) is 9.42. The van der Waals surface area contributed by atoms with Gasteiger partial charge in [0.25, 0.3) is 0 Å². The fraction of sp³-hybridized carbons (Fsp3) is 0.538. The Morgan fingerprint density at radius 3 is 2.62 bits per heavy atom. The zero-order chi connectivity index (χ0) is 11.4. The first-order valence-electron chi connectivity index (χ1n) is 5.93.